The van der Waals surface area contributed by atoms with E-state index in [0.29, 0.717) is 17.6 Å². The predicted octanol–water partition coefficient (Wildman–Crippen LogP) is 4.51. The molecule has 2 aliphatic rings. The Kier molecular flexibility index (Phi) is 4.25. The van der Waals surface area contributed by atoms with Crippen LogP contribution >= 0.6 is 22.9 Å². The molecule has 0 bridgehead atoms. The average molecular weight is 376 g/mol. The Bertz CT molecular complexity index is 827. The van der Waals surface area contributed by atoms with E-state index in [9.17, 15) is 4.79 Å². The number of aromatic nitrogens is 2. The molecule has 0 atom stereocenters. The van der Waals surface area contributed by atoms with E-state index in [1.165, 1.54) is 12.0 Å². The molecule has 2 aromatic rings. The molecule has 2 aromatic heterocycles. The number of carbonyl (C=O) groups is 1. The zero-order chi connectivity index (χ0) is 17.4. The van der Waals surface area contributed by atoms with E-state index in [0.717, 1.165) is 25.7 Å². The van der Waals surface area contributed by atoms with E-state index in [2.05, 4.69) is 38.9 Å². The fourth-order valence-electron chi connectivity index (χ4n) is 2.63. The van der Waals surface area contributed by atoms with Crippen LogP contribution in [0.4, 0.5) is 5.82 Å². The summed E-state index contributed by atoms with van der Waals surface area (Å²) in [7, 11) is 1.33. The van der Waals surface area contributed by atoms with Crippen LogP contribution in [-0.4, -0.2) is 28.6 Å². The largest absolute Gasteiger partial charge is 0.464 e. The summed E-state index contributed by atoms with van der Waals surface area (Å²) in [6, 6.07) is 4.11. The molecule has 0 spiro atoms. The Labute approximate surface area is 155 Å². The van der Waals surface area contributed by atoms with Gasteiger partial charge in [0, 0.05) is 10.8 Å². The highest BCUT2D eigenvalue weighted by atomic mass is 35.5. The highest BCUT2D eigenvalue weighted by Crippen LogP contribution is 2.44. The standard InChI is InChI=1S/C18H18ClN3O2S/c1-24-17(23)14-13(19)16(21-15(20-14)11-4-5-11)22-18(8-9-18)7-6-12-3-2-10-25-12/h2-3,6-7,10-11H,4-5,8-9H2,1H3,(H,20,21,22)/b7-6+. The van der Waals surface area contributed by atoms with Crippen molar-refractivity contribution in [2.24, 2.45) is 0 Å². The lowest BCUT2D eigenvalue weighted by molar-refractivity contribution is 0.0593. The normalized spacial score (nSPS) is 18.3. The molecule has 7 heteroatoms. The summed E-state index contributed by atoms with van der Waals surface area (Å²) < 4.78 is 4.82. The zero-order valence-corrected chi connectivity index (χ0v) is 15.4. The molecule has 0 radical (unpaired) electrons. The first-order valence-corrected chi connectivity index (χ1v) is 9.53. The van der Waals surface area contributed by atoms with Gasteiger partial charge >= 0.3 is 5.97 Å². The van der Waals surface area contributed by atoms with Crippen LogP contribution in [0, 0.1) is 0 Å². The maximum absolute atomic E-state index is 12.0. The molecular formula is C18H18ClN3O2S. The van der Waals surface area contributed by atoms with Gasteiger partial charge in [-0.15, -0.1) is 11.3 Å². The second-order valence-electron chi connectivity index (χ2n) is 6.49. The Hall–Kier alpha value is -1.92. The van der Waals surface area contributed by atoms with Gasteiger partial charge in [-0.2, -0.15) is 0 Å². The zero-order valence-electron chi connectivity index (χ0n) is 13.8. The third-order valence-corrected chi connectivity index (χ3v) is 5.65. The molecule has 0 saturated heterocycles. The molecule has 1 N–H and O–H groups in total. The number of thiophene rings is 1. The molecule has 4 rings (SSSR count). The predicted molar refractivity (Wildman–Crippen MR) is 99.3 cm³/mol. The maximum atomic E-state index is 12.0. The minimum Gasteiger partial charge on any atom is -0.464 e. The number of halogens is 1. The first kappa shape index (κ1) is 16.5. The molecule has 0 aromatic carbocycles. The van der Waals surface area contributed by atoms with Crippen molar-refractivity contribution in [3.63, 3.8) is 0 Å². The van der Waals surface area contributed by atoms with E-state index < -0.39 is 5.97 Å². The summed E-state index contributed by atoms with van der Waals surface area (Å²) >= 11 is 8.10. The van der Waals surface area contributed by atoms with Crippen molar-refractivity contribution in [3.05, 3.63) is 45.0 Å². The van der Waals surface area contributed by atoms with Gasteiger partial charge in [-0.3, -0.25) is 0 Å². The van der Waals surface area contributed by atoms with Gasteiger partial charge in [-0.05, 0) is 43.2 Å². The molecule has 0 amide bonds. The van der Waals surface area contributed by atoms with E-state index in [1.807, 2.05) is 6.07 Å². The molecule has 5 nitrogen and oxygen atoms in total. The minimum absolute atomic E-state index is 0.140. The summed E-state index contributed by atoms with van der Waals surface area (Å²) in [5.74, 6) is 0.979. The summed E-state index contributed by atoms with van der Waals surface area (Å²) in [5.41, 5.74) is -0.0162. The molecule has 0 unspecified atom stereocenters. The topological polar surface area (TPSA) is 64.1 Å². The minimum atomic E-state index is -0.531. The fraction of sp³-hybridized carbons (Fsp3) is 0.389. The van der Waals surface area contributed by atoms with Gasteiger partial charge in [0.1, 0.15) is 16.7 Å². The number of rotatable bonds is 6. The summed E-state index contributed by atoms with van der Waals surface area (Å²) in [5, 5.41) is 5.71. The van der Waals surface area contributed by atoms with Crippen molar-refractivity contribution in [2.45, 2.75) is 37.1 Å². The van der Waals surface area contributed by atoms with Crippen molar-refractivity contribution in [2.75, 3.05) is 12.4 Å². The van der Waals surface area contributed by atoms with Crippen LogP contribution in [0.25, 0.3) is 6.08 Å². The van der Waals surface area contributed by atoms with Crippen LogP contribution in [0.1, 0.15) is 52.8 Å². The van der Waals surface area contributed by atoms with Gasteiger partial charge in [0.05, 0.1) is 12.6 Å². The number of ether oxygens (including phenoxy) is 1. The number of anilines is 1. The Morgan fingerprint density at radius 2 is 2.24 bits per heavy atom. The number of hydrogen-bond acceptors (Lipinski definition) is 6. The van der Waals surface area contributed by atoms with Gasteiger partial charge in [-0.25, -0.2) is 14.8 Å². The van der Waals surface area contributed by atoms with Crippen molar-refractivity contribution >= 4 is 40.8 Å². The first-order chi connectivity index (χ1) is 12.1. The van der Waals surface area contributed by atoms with Crippen LogP contribution in [0.15, 0.2) is 23.6 Å². The van der Waals surface area contributed by atoms with E-state index in [-0.39, 0.29) is 16.3 Å². The van der Waals surface area contributed by atoms with Crippen LogP contribution < -0.4 is 5.32 Å². The quantitative estimate of drug-likeness (QED) is 0.752. The monoisotopic (exact) mass is 375 g/mol. The Morgan fingerprint density at radius 3 is 2.84 bits per heavy atom. The third-order valence-electron chi connectivity index (χ3n) is 4.46. The molecular weight excluding hydrogens is 358 g/mol. The third kappa shape index (κ3) is 3.55. The molecule has 2 saturated carbocycles. The number of hydrogen-bond donors (Lipinski definition) is 1. The molecule has 25 heavy (non-hydrogen) atoms. The number of nitrogens with one attached hydrogen (secondary N) is 1. The van der Waals surface area contributed by atoms with Crippen LogP contribution in [0.3, 0.4) is 0 Å². The van der Waals surface area contributed by atoms with Crippen LogP contribution in [0.2, 0.25) is 5.02 Å². The second-order valence-corrected chi connectivity index (χ2v) is 7.85. The summed E-state index contributed by atoms with van der Waals surface area (Å²) in [6.07, 6.45) is 8.37. The number of methoxy groups -OCH3 is 1. The smallest absolute Gasteiger partial charge is 0.358 e. The second kappa shape index (κ2) is 6.42. The Balaban J connectivity index is 1.63. The van der Waals surface area contributed by atoms with Crippen LogP contribution in [-0.2, 0) is 4.74 Å². The fourth-order valence-corrected chi connectivity index (χ4v) is 3.46. The summed E-state index contributed by atoms with van der Waals surface area (Å²) in [6.45, 7) is 0. The van der Waals surface area contributed by atoms with Gasteiger partial charge in [-0.1, -0.05) is 23.7 Å². The Morgan fingerprint density at radius 1 is 1.44 bits per heavy atom. The number of carbonyl (C=O) groups excluding carboxylic acids is 1. The van der Waals surface area contributed by atoms with Crippen molar-refractivity contribution in [1.29, 1.82) is 0 Å². The van der Waals surface area contributed by atoms with Gasteiger partial charge in [0.2, 0.25) is 0 Å². The molecule has 130 valence electrons. The average Bonchev–Trinajstić information content (AvgIpc) is 3.54. The first-order valence-electron chi connectivity index (χ1n) is 8.27. The number of esters is 1. The highest BCUT2D eigenvalue weighted by Gasteiger charge is 2.41. The van der Waals surface area contributed by atoms with Gasteiger partial charge in [0.15, 0.2) is 5.69 Å². The van der Waals surface area contributed by atoms with Crippen molar-refractivity contribution < 1.29 is 9.53 Å². The van der Waals surface area contributed by atoms with E-state index >= 15 is 0 Å². The lowest BCUT2D eigenvalue weighted by Crippen LogP contribution is -2.21. The lowest BCUT2D eigenvalue weighted by Gasteiger charge is -2.17. The van der Waals surface area contributed by atoms with Gasteiger partial charge < -0.3 is 10.1 Å². The SMILES string of the molecule is COC(=O)c1nc(C2CC2)nc(NC2(/C=C/c3cccs3)CC2)c1Cl. The molecule has 2 heterocycles. The van der Waals surface area contributed by atoms with Gasteiger partial charge in [0.25, 0.3) is 0 Å². The summed E-state index contributed by atoms with van der Waals surface area (Å²) in [4.78, 5) is 22.1. The lowest BCUT2D eigenvalue weighted by atomic mass is 10.2. The van der Waals surface area contributed by atoms with Crippen molar-refractivity contribution in [3.8, 4) is 0 Å². The number of nitrogens with zero attached hydrogens (tertiary/aromatic N) is 2. The molecule has 2 aliphatic carbocycles. The highest BCUT2D eigenvalue weighted by molar-refractivity contribution is 7.10. The van der Waals surface area contributed by atoms with Crippen LogP contribution in [0.5, 0.6) is 0 Å². The van der Waals surface area contributed by atoms with E-state index in [1.54, 1.807) is 11.3 Å². The van der Waals surface area contributed by atoms with E-state index in [4.69, 9.17) is 16.3 Å². The molecule has 2 fully saturated rings. The maximum Gasteiger partial charge on any atom is 0.358 e. The molecule has 0 aliphatic heterocycles. The van der Waals surface area contributed by atoms with Crippen molar-refractivity contribution in [1.82, 2.24) is 9.97 Å².